The predicted molar refractivity (Wildman–Crippen MR) is 75.6 cm³/mol. The summed E-state index contributed by atoms with van der Waals surface area (Å²) in [4.78, 5) is 0.786. The second kappa shape index (κ2) is 5.69. The highest BCUT2D eigenvalue weighted by Gasteiger charge is 2.27. The summed E-state index contributed by atoms with van der Waals surface area (Å²) in [7, 11) is -1.68. The Morgan fingerprint density at radius 3 is 2.47 bits per heavy atom. The molecule has 0 radical (unpaired) electrons. The van der Waals surface area contributed by atoms with E-state index in [1.54, 1.807) is 6.07 Å². The molecule has 1 aromatic heterocycles. The van der Waals surface area contributed by atoms with Crippen LogP contribution in [0.1, 0.15) is 17.7 Å². The lowest BCUT2D eigenvalue weighted by molar-refractivity contribution is 0.578. The molecule has 0 spiro atoms. The van der Waals surface area contributed by atoms with E-state index in [0.717, 1.165) is 29.1 Å². The lowest BCUT2D eigenvalue weighted by Crippen LogP contribution is -2.28. The molecule has 108 valence electrons. The molecule has 1 aliphatic rings. The lowest BCUT2D eigenvalue weighted by Gasteiger charge is -2.04. The Bertz CT molecular complexity index is 646. The van der Waals surface area contributed by atoms with E-state index >= 15 is 0 Å². The van der Waals surface area contributed by atoms with Gasteiger partial charge in [-0.25, -0.2) is 21.6 Å². The van der Waals surface area contributed by atoms with Crippen molar-refractivity contribution in [2.24, 2.45) is 5.92 Å². The molecule has 0 atom stereocenters. The number of nitrogens with one attached hydrogen (secondary N) is 1. The van der Waals surface area contributed by atoms with Gasteiger partial charge in [0.2, 0.25) is 10.0 Å². The summed E-state index contributed by atoms with van der Waals surface area (Å²) in [5.74, 6) is 0.505. The van der Waals surface area contributed by atoms with Crippen molar-refractivity contribution in [3.05, 3.63) is 17.0 Å². The van der Waals surface area contributed by atoms with Crippen LogP contribution in [0.3, 0.4) is 0 Å². The highest BCUT2D eigenvalue weighted by Crippen LogP contribution is 2.30. The molecule has 1 N–H and O–H groups in total. The van der Waals surface area contributed by atoms with Crippen LogP contribution in [-0.2, 0) is 25.5 Å². The summed E-state index contributed by atoms with van der Waals surface area (Å²) in [6.45, 7) is 0.275. The average molecular weight is 344 g/mol. The van der Waals surface area contributed by atoms with Gasteiger partial charge in [0.25, 0.3) is 9.05 Å². The van der Waals surface area contributed by atoms with Crippen LogP contribution in [0.2, 0.25) is 0 Å². The minimum absolute atomic E-state index is 0.0880. The van der Waals surface area contributed by atoms with Crippen LogP contribution in [0.15, 0.2) is 16.3 Å². The Morgan fingerprint density at radius 2 is 1.95 bits per heavy atom. The molecule has 1 aliphatic carbocycles. The van der Waals surface area contributed by atoms with Gasteiger partial charge in [0.15, 0.2) is 0 Å². The van der Waals surface area contributed by atoms with Crippen LogP contribution in [-0.4, -0.2) is 29.1 Å². The molecule has 5 nitrogen and oxygen atoms in total. The third-order valence-electron chi connectivity index (χ3n) is 2.72. The molecule has 0 amide bonds. The van der Waals surface area contributed by atoms with Crippen LogP contribution < -0.4 is 4.72 Å². The first-order valence-electron chi connectivity index (χ1n) is 5.77. The summed E-state index contributed by atoms with van der Waals surface area (Å²) in [5.41, 5.74) is 0. The van der Waals surface area contributed by atoms with E-state index in [2.05, 4.69) is 4.72 Å². The van der Waals surface area contributed by atoms with Crippen LogP contribution in [0.25, 0.3) is 0 Å². The summed E-state index contributed by atoms with van der Waals surface area (Å²) in [6, 6.07) is 3.08. The molecule has 0 unspecified atom stereocenters. The zero-order valence-corrected chi connectivity index (χ0v) is 13.2. The number of halogens is 1. The quantitative estimate of drug-likeness (QED) is 0.762. The average Bonchev–Trinajstić information content (AvgIpc) is 2.92. The summed E-state index contributed by atoms with van der Waals surface area (Å²) < 4.78 is 48.0. The van der Waals surface area contributed by atoms with Crippen LogP contribution >= 0.6 is 22.0 Å². The third kappa shape index (κ3) is 5.03. The van der Waals surface area contributed by atoms with Gasteiger partial charge in [-0.3, -0.25) is 0 Å². The number of hydrogen-bond acceptors (Lipinski definition) is 5. The van der Waals surface area contributed by atoms with Gasteiger partial charge in [0, 0.05) is 22.1 Å². The molecule has 2 rings (SSSR count). The molecule has 1 heterocycles. The maximum absolute atomic E-state index is 11.6. The van der Waals surface area contributed by atoms with Gasteiger partial charge < -0.3 is 0 Å². The molecule has 0 bridgehead atoms. The Labute approximate surface area is 121 Å². The van der Waals surface area contributed by atoms with Gasteiger partial charge in [-0.2, -0.15) is 0 Å². The highest BCUT2D eigenvalue weighted by atomic mass is 35.7. The molecule has 9 heteroatoms. The SMILES string of the molecule is O=S(=O)(CC1CC1)NCCc1ccc(S(=O)(=O)Cl)s1. The molecule has 1 fully saturated rings. The second-order valence-corrected chi connectivity index (χ2v) is 10.3. The number of sulfonamides is 1. The van der Waals surface area contributed by atoms with Gasteiger partial charge in [0.1, 0.15) is 4.21 Å². The van der Waals surface area contributed by atoms with Crippen molar-refractivity contribution in [1.82, 2.24) is 4.72 Å². The van der Waals surface area contributed by atoms with Crippen molar-refractivity contribution in [2.45, 2.75) is 23.5 Å². The molecular weight excluding hydrogens is 330 g/mol. The van der Waals surface area contributed by atoms with Crippen molar-refractivity contribution in [2.75, 3.05) is 12.3 Å². The second-order valence-electron chi connectivity index (χ2n) is 4.53. The monoisotopic (exact) mass is 343 g/mol. The minimum Gasteiger partial charge on any atom is -0.215 e. The Morgan fingerprint density at radius 1 is 1.26 bits per heavy atom. The highest BCUT2D eigenvalue weighted by molar-refractivity contribution is 8.15. The normalized spacial score (nSPS) is 16.7. The first-order chi connectivity index (χ1) is 8.76. The van der Waals surface area contributed by atoms with Crippen molar-refractivity contribution in [3.63, 3.8) is 0 Å². The van der Waals surface area contributed by atoms with Crippen LogP contribution in [0.4, 0.5) is 0 Å². The number of hydrogen-bond donors (Lipinski definition) is 1. The van der Waals surface area contributed by atoms with Gasteiger partial charge in [-0.1, -0.05) is 0 Å². The van der Waals surface area contributed by atoms with E-state index in [0.29, 0.717) is 12.3 Å². The lowest BCUT2D eigenvalue weighted by atomic mass is 10.3. The first-order valence-corrected chi connectivity index (χ1v) is 10.5. The smallest absolute Gasteiger partial charge is 0.215 e. The molecule has 0 aromatic carbocycles. The molecule has 19 heavy (non-hydrogen) atoms. The molecule has 1 aromatic rings. The summed E-state index contributed by atoms with van der Waals surface area (Å²) in [6.07, 6.45) is 2.44. The summed E-state index contributed by atoms with van der Waals surface area (Å²) >= 11 is 1.06. The van der Waals surface area contributed by atoms with E-state index in [9.17, 15) is 16.8 Å². The molecular formula is C10H14ClNO4S3. The van der Waals surface area contributed by atoms with Crippen molar-refractivity contribution >= 4 is 41.1 Å². The Kier molecular flexibility index (Phi) is 4.56. The fraction of sp³-hybridized carbons (Fsp3) is 0.600. The van der Waals surface area contributed by atoms with E-state index in [1.807, 2.05) is 0 Å². The number of thiophene rings is 1. The topological polar surface area (TPSA) is 80.3 Å². The summed E-state index contributed by atoms with van der Waals surface area (Å²) in [5, 5.41) is 0. The van der Waals surface area contributed by atoms with E-state index in [4.69, 9.17) is 10.7 Å². The maximum atomic E-state index is 11.6. The fourth-order valence-electron chi connectivity index (χ4n) is 1.61. The third-order valence-corrected chi connectivity index (χ3v) is 7.51. The molecule has 0 aliphatic heterocycles. The van der Waals surface area contributed by atoms with Gasteiger partial charge in [-0.05, 0) is 37.3 Å². The standard InChI is InChI=1S/C10H14ClNO4S3/c11-19(15,16)10-4-3-9(17-10)5-6-12-18(13,14)7-8-1-2-8/h3-4,8,12H,1-2,5-7H2. The van der Waals surface area contributed by atoms with Gasteiger partial charge in [-0.15, -0.1) is 11.3 Å². The molecule has 1 saturated carbocycles. The maximum Gasteiger partial charge on any atom is 0.270 e. The predicted octanol–water partition coefficient (Wildman–Crippen LogP) is 1.55. The Balaban J connectivity index is 1.84. The van der Waals surface area contributed by atoms with Crippen molar-refractivity contribution in [1.29, 1.82) is 0 Å². The minimum atomic E-state index is -3.69. The zero-order chi connectivity index (χ0) is 14.1. The van der Waals surface area contributed by atoms with Gasteiger partial charge in [0.05, 0.1) is 5.75 Å². The fourth-order valence-corrected chi connectivity index (χ4v) is 5.21. The van der Waals surface area contributed by atoms with E-state index in [1.165, 1.54) is 6.07 Å². The van der Waals surface area contributed by atoms with E-state index < -0.39 is 19.1 Å². The Hall–Kier alpha value is -0.150. The van der Waals surface area contributed by atoms with Gasteiger partial charge >= 0.3 is 0 Å². The number of rotatable bonds is 7. The van der Waals surface area contributed by atoms with Crippen molar-refractivity contribution in [3.8, 4) is 0 Å². The van der Waals surface area contributed by atoms with Crippen molar-refractivity contribution < 1.29 is 16.8 Å². The van der Waals surface area contributed by atoms with E-state index in [-0.39, 0.29) is 16.5 Å². The largest absolute Gasteiger partial charge is 0.270 e. The van der Waals surface area contributed by atoms with Crippen LogP contribution in [0, 0.1) is 5.92 Å². The zero-order valence-electron chi connectivity index (χ0n) is 10.0. The first kappa shape index (κ1) is 15.2. The molecule has 0 saturated heterocycles. The van der Waals surface area contributed by atoms with Crippen LogP contribution in [0.5, 0.6) is 0 Å².